The Labute approximate surface area is 210 Å². The summed E-state index contributed by atoms with van der Waals surface area (Å²) in [6, 6.07) is 19.3. The van der Waals surface area contributed by atoms with Gasteiger partial charge in [-0.15, -0.1) is 12.4 Å². The molecule has 35 heavy (non-hydrogen) atoms. The van der Waals surface area contributed by atoms with Crippen molar-refractivity contribution in [2.75, 3.05) is 0 Å². The van der Waals surface area contributed by atoms with E-state index in [0.717, 1.165) is 28.9 Å². The number of pyridine rings is 1. The first kappa shape index (κ1) is 23.1. The minimum atomic E-state index is -1.07. The summed E-state index contributed by atoms with van der Waals surface area (Å²) in [6.45, 7) is 0.213. The number of nitrogens with zero attached hydrogens (tertiary/aromatic N) is 4. The fourth-order valence-corrected chi connectivity index (χ4v) is 5.39. The van der Waals surface area contributed by atoms with Gasteiger partial charge in [0.25, 0.3) is 0 Å². The van der Waals surface area contributed by atoms with Crippen LogP contribution in [0.1, 0.15) is 40.2 Å². The minimum absolute atomic E-state index is 0. The lowest BCUT2D eigenvalue weighted by molar-refractivity contribution is 0.0685. The number of carboxylic acids is 1. The van der Waals surface area contributed by atoms with Crippen LogP contribution >= 0.6 is 23.7 Å². The van der Waals surface area contributed by atoms with Gasteiger partial charge >= 0.3 is 5.97 Å². The quantitative estimate of drug-likeness (QED) is 0.308. The zero-order valence-electron chi connectivity index (χ0n) is 18.4. The number of benzene rings is 2. The summed E-state index contributed by atoms with van der Waals surface area (Å²) in [7, 11) is 0. The maximum absolute atomic E-state index is 15.1. The second kappa shape index (κ2) is 8.87. The van der Waals surface area contributed by atoms with Crippen LogP contribution in [0, 0.1) is 5.82 Å². The number of fused-ring (bicyclic) bond motifs is 1. The van der Waals surface area contributed by atoms with Crippen molar-refractivity contribution in [2.45, 2.75) is 24.8 Å². The van der Waals surface area contributed by atoms with Gasteiger partial charge in [0, 0.05) is 17.5 Å². The van der Waals surface area contributed by atoms with Crippen LogP contribution in [0.4, 0.5) is 4.39 Å². The third-order valence-electron chi connectivity index (χ3n) is 6.37. The van der Waals surface area contributed by atoms with Crippen molar-refractivity contribution in [1.82, 2.24) is 19.5 Å². The average molecular weight is 507 g/mol. The molecule has 1 aliphatic rings. The van der Waals surface area contributed by atoms with Gasteiger partial charge in [0.05, 0.1) is 18.2 Å². The highest BCUT2D eigenvalue weighted by Crippen LogP contribution is 2.53. The number of thiazole rings is 1. The molecule has 6 nitrogen and oxygen atoms in total. The van der Waals surface area contributed by atoms with E-state index in [9.17, 15) is 9.90 Å². The zero-order chi connectivity index (χ0) is 23.3. The zero-order valence-corrected chi connectivity index (χ0v) is 20.0. The summed E-state index contributed by atoms with van der Waals surface area (Å²) in [6.07, 6.45) is 4.84. The van der Waals surface area contributed by atoms with Crippen LogP contribution in [-0.2, 0) is 12.0 Å². The maximum Gasteiger partial charge on any atom is 0.354 e. The van der Waals surface area contributed by atoms with Crippen molar-refractivity contribution in [1.29, 1.82) is 0 Å². The molecule has 1 N–H and O–H groups in total. The van der Waals surface area contributed by atoms with Crippen LogP contribution in [0.2, 0.25) is 0 Å². The van der Waals surface area contributed by atoms with Crippen LogP contribution in [0.15, 0.2) is 73.2 Å². The highest BCUT2D eigenvalue weighted by atomic mass is 35.5. The van der Waals surface area contributed by atoms with E-state index in [-0.39, 0.29) is 30.1 Å². The van der Waals surface area contributed by atoms with Crippen LogP contribution < -0.4 is 0 Å². The molecule has 0 bridgehead atoms. The fraction of sp³-hybridized carbons (Fsp3) is 0.154. The van der Waals surface area contributed by atoms with Gasteiger partial charge in [0.2, 0.25) is 0 Å². The van der Waals surface area contributed by atoms with Crippen LogP contribution in [0.25, 0.3) is 20.9 Å². The molecule has 1 fully saturated rings. The molecule has 1 saturated carbocycles. The monoisotopic (exact) mass is 506 g/mol. The predicted octanol–water partition coefficient (Wildman–Crippen LogP) is 5.94. The lowest BCUT2D eigenvalue weighted by atomic mass is 9.92. The van der Waals surface area contributed by atoms with Gasteiger partial charge in [-0.2, -0.15) is 0 Å². The largest absolute Gasteiger partial charge is 0.477 e. The summed E-state index contributed by atoms with van der Waals surface area (Å²) in [4.78, 5) is 25.5. The maximum atomic E-state index is 15.1. The number of hydrogen-bond donors (Lipinski definition) is 1. The lowest BCUT2D eigenvalue weighted by Crippen LogP contribution is -2.10. The minimum Gasteiger partial charge on any atom is -0.477 e. The summed E-state index contributed by atoms with van der Waals surface area (Å²) >= 11 is 1.38. The van der Waals surface area contributed by atoms with Gasteiger partial charge in [0.15, 0.2) is 0 Å². The molecule has 0 aliphatic heterocycles. The number of aromatic carboxylic acids is 1. The van der Waals surface area contributed by atoms with E-state index in [0.29, 0.717) is 16.1 Å². The highest BCUT2D eigenvalue weighted by molar-refractivity contribution is 7.21. The van der Waals surface area contributed by atoms with Crippen LogP contribution in [-0.4, -0.2) is 30.6 Å². The Morgan fingerprint density at radius 3 is 2.60 bits per heavy atom. The number of imidazole rings is 1. The first-order valence-electron chi connectivity index (χ1n) is 10.9. The first-order valence-corrected chi connectivity index (χ1v) is 11.7. The number of rotatable bonds is 6. The van der Waals surface area contributed by atoms with E-state index < -0.39 is 11.8 Å². The molecule has 6 rings (SSSR count). The number of halogens is 2. The Bertz CT molecular complexity index is 1550. The lowest BCUT2D eigenvalue weighted by Gasteiger charge is -2.14. The standard InChI is InChI=1S/C26H19FN4O2S.ClH/c27-19-12-16(14-31-15-28-13-21(31)25(32)33)6-7-18(19)23-29-20-8-9-22(30-24(20)34-23)26(10-11-26)17-4-2-1-3-5-17;/h1-9,12-13,15H,10-11,14H2,(H,32,33);1H. The van der Waals surface area contributed by atoms with E-state index in [1.54, 1.807) is 12.1 Å². The second-order valence-electron chi connectivity index (χ2n) is 8.51. The molecule has 5 aromatic rings. The Hall–Kier alpha value is -3.62. The van der Waals surface area contributed by atoms with Crippen LogP contribution in [0.3, 0.4) is 0 Å². The summed E-state index contributed by atoms with van der Waals surface area (Å²) in [5.74, 6) is -1.48. The molecule has 3 aromatic heterocycles. The smallest absolute Gasteiger partial charge is 0.354 e. The summed E-state index contributed by atoms with van der Waals surface area (Å²) < 4.78 is 16.5. The molecule has 0 atom stereocenters. The Morgan fingerprint density at radius 2 is 1.89 bits per heavy atom. The topological polar surface area (TPSA) is 80.9 Å². The highest BCUT2D eigenvalue weighted by Gasteiger charge is 2.47. The van der Waals surface area contributed by atoms with Gasteiger partial charge < -0.3 is 9.67 Å². The van der Waals surface area contributed by atoms with Gasteiger partial charge in [0.1, 0.15) is 26.9 Å². The van der Waals surface area contributed by atoms with E-state index in [1.807, 2.05) is 18.2 Å². The number of carbonyl (C=O) groups is 1. The van der Waals surface area contributed by atoms with Gasteiger partial charge in [-0.05, 0) is 48.2 Å². The van der Waals surface area contributed by atoms with E-state index in [4.69, 9.17) is 4.98 Å². The molecule has 9 heteroatoms. The number of hydrogen-bond acceptors (Lipinski definition) is 5. The molecule has 176 valence electrons. The second-order valence-corrected chi connectivity index (χ2v) is 9.49. The molecule has 0 saturated heterocycles. The normalized spacial score (nSPS) is 14.0. The van der Waals surface area contributed by atoms with E-state index in [1.165, 1.54) is 40.1 Å². The van der Waals surface area contributed by atoms with Crippen molar-refractivity contribution < 1.29 is 14.3 Å². The van der Waals surface area contributed by atoms with Gasteiger partial charge in [-0.1, -0.05) is 47.7 Å². The predicted molar refractivity (Wildman–Crippen MR) is 135 cm³/mol. The summed E-state index contributed by atoms with van der Waals surface area (Å²) in [5, 5.41) is 9.81. The molecular formula is C26H20ClFN4O2S. The first-order chi connectivity index (χ1) is 16.5. The van der Waals surface area contributed by atoms with Gasteiger partial charge in [-0.25, -0.2) is 24.1 Å². The van der Waals surface area contributed by atoms with Crippen molar-refractivity contribution in [2.24, 2.45) is 0 Å². The fourth-order valence-electron chi connectivity index (χ4n) is 4.43. The molecule has 0 spiro atoms. The van der Waals surface area contributed by atoms with Crippen molar-refractivity contribution in [3.05, 3.63) is 102 Å². The van der Waals surface area contributed by atoms with Crippen LogP contribution in [0.5, 0.6) is 0 Å². The number of carboxylic acid groups (broad SMARTS) is 1. The average Bonchev–Trinajstić information content (AvgIpc) is 3.33. The Balaban J connectivity index is 0.00000253. The molecule has 2 aromatic carbocycles. The number of aromatic nitrogens is 4. The third-order valence-corrected chi connectivity index (χ3v) is 7.37. The van der Waals surface area contributed by atoms with Crippen molar-refractivity contribution >= 4 is 40.1 Å². The molecular weight excluding hydrogens is 487 g/mol. The molecule has 0 amide bonds. The molecule has 1 aliphatic carbocycles. The van der Waals surface area contributed by atoms with E-state index in [2.05, 4.69) is 34.2 Å². The van der Waals surface area contributed by atoms with Gasteiger partial charge in [-0.3, -0.25) is 0 Å². The molecule has 3 heterocycles. The molecule has 0 unspecified atom stereocenters. The molecule has 0 radical (unpaired) electrons. The third kappa shape index (κ3) is 4.09. The Kier molecular flexibility index (Phi) is 5.86. The van der Waals surface area contributed by atoms with Crippen molar-refractivity contribution in [3.8, 4) is 10.6 Å². The Morgan fingerprint density at radius 1 is 1.09 bits per heavy atom. The summed E-state index contributed by atoms with van der Waals surface area (Å²) in [5.41, 5.74) is 4.13. The van der Waals surface area contributed by atoms with Crippen molar-refractivity contribution in [3.63, 3.8) is 0 Å². The van der Waals surface area contributed by atoms with E-state index >= 15 is 4.39 Å². The SMILES string of the molecule is Cl.O=C(O)c1cncn1Cc1ccc(-c2nc3ccc(C4(c5ccccc5)CC4)nc3s2)c(F)c1.